The fourth-order valence-electron chi connectivity index (χ4n) is 2.05. The second-order valence-corrected chi connectivity index (χ2v) is 4.16. The molecule has 1 aliphatic rings. The minimum absolute atomic E-state index is 0.215. The van der Waals surface area contributed by atoms with E-state index in [1.165, 1.54) is 0 Å². The van der Waals surface area contributed by atoms with Gasteiger partial charge in [0.15, 0.2) is 5.78 Å². The molecule has 18 heavy (non-hydrogen) atoms. The zero-order valence-corrected chi connectivity index (χ0v) is 10.6. The van der Waals surface area contributed by atoms with E-state index >= 15 is 0 Å². The van der Waals surface area contributed by atoms with Crippen molar-refractivity contribution in [1.82, 2.24) is 0 Å². The van der Waals surface area contributed by atoms with Crippen LogP contribution < -0.4 is 4.74 Å². The second kappa shape index (κ2) is 6.52. The van der Waals surface area contributed by atoms with E-state index in [1.54, 1.807) is 7.11 Å². The summed E-state index contributed by atoms with van der Waals surface area (Å²) in [5.74, 6) is 1.03. The topological polar surface area (TPSA) is 44.8 Å². The maximum atomic E-state index is 11.6. The Bertz CT molecular complexity index is 414. The van der Waals surface area contributed by atoms with Gasteiger partial charge >= 0.3 is 0 Å². The maximum absolute atomic E-state index is 11.6. The smallest absolute Gasteiger partial charge is 0.163 e. The highest BCUT2D eigenvalue weighted by Crippen LogP contribution is 2.30. The Balaban J connectivity index is 1.82. The van der Waals surface area contributed by atoms with Gasteiger partial charge in [0.1, 0.15) is 12.4 Å². The molecule has 1 aromatic carbocycles. The van der Waals surface area contributed by atoms with E-state index in [2.05, 4.69) is 0 Å². The Labute approximate surface area is 107 Å². The summed E-state index contributed by atoms with van der Waals surface area (Å²) in [4.78, 5) is 11.6. The Hall–Kier alpha value is -1.39. The number of methoxy groups -OCH3 is 1. The fraction of sp³-hybridized carbons (Fsp3) is 0.500. The number of fused-ring (bicyclic) bond motifs is 1. The Morgan fingerprint density at radius 1 is 1.11 bits per heavy atom. The van der Waals surface area contributed by atoms with Crippen LogP contribution in [0.5, 0.6) is 5.75 Å². The molecular weight excluding hydrogens is 232 g/mol. The molecule has 4 nitrogen and oxygen atoms in total. The molecule has 0 bridgehead atoms. The van der Waals surface area contributed by atoms with Crippen LogP contribution in [0.2, 0.25) is 0 Å². The minimum Gasteiger partial charge on any atom is -0.491 e. The third-order valence-corrected chi connectivity index (χ3v) is 2.95. The van der Waals surface area contributed by atoms with Crippen LogP contribution in [0.3, 0.4) is 0 Å². The molecule has 0 spiro atoms. The summed E-state index contributed by atoms with van der Waals surface area (Å²) in [6, 6.07) is 5.64. The Morgan fingerprint density at radius 3 is 2.78 bits per heavy atom. The highest BCUT2D eigenvalue weighted by molar-refractivity contribution is 6.01. The molecule has 0 unspecified atom stereocenters. The van der Waals surface area contributed by atoms with Crippen LogP contribution in [0.1, 0.15) is 22.3 Å². The number of ketones is 1. The van der Waals surface area contributed by atoms with Crippen molar-refractivity contribution in [2.45, 2.75) is 12.8 Å². The molecule has 0 saturated heterocycles. The summed E-state index contributed by atoms with van der Waals surface area (Å²) in [7, 11) is 1.64. The Kier molecular flexibility index (Phi) is 4.73. The molecule has 0 amide bonds. The molecule has 0 aliphatic heterocycles. The number of ether oxygens (including phenoxy) is 3. The van der Waals surface area contributed by atoms with Gasteiger partial charge in [0, 0.05) is 24.7 Å². The summed E-state index contributed by atoms with van der Waals surface area (Å²) in [6.45, 7) is 2.19. The molecule has 1 aromatic rings. The van der Waals surface area contributed by atoms with Crippen LogP contribution in [0.4, 0.5) is 0 Å². The molecule has 0 fully saturated rings. The molecule has 98 valence electrons. The third-order valence-electron chi connectivity index (χ3n) is 2.95. The fourth-order valence-corrected chi connectivity index (χ4v) is 2.05. The van der Waals surface area contributed by atoms with Gasteiger partial charge in [-0.25, -0.2) is 0 Å². The highest BCUT2D eigenvalue weighted by Gasteiger charge is 2.22. The van der Waals surface area contributed by atoms with Crippen LogP contribution in [0.15, 0.2) is 18.2 Å². The zero-order chi connectivity index (χ0) is 12.8. The monoisotopic (exact) mass is 250 g/mol. The quantitative estimate of drug-likeness (QED) is 0.693. The predicted molar refractivity (Wildman–Crippen MR) is 67.3 cm³/mol. The summed E-state index contributed by atoms with van der Waals surface area (Å²) in [5, 5.41) is 0. The first-order valence-corrected chi connectivity index (χ1v) is 6.17. The van der Waals surface area contributed by atoms with E-state index in [-0.39, 0.29) is 5.78 Å². The number of benzene rings is 1. The largest absolute Gasteiger partial charge is 0.491 e. The Morgan fingerprint density at radius 2 is 1.94 bits per heavy atom. The van der Waals surface area contributed by atoms with Crippen molar-refractivity contribution >= 4 is 5.78 Å². The van der Waals surface area contributed by atoms with Gasteiger partial charge in [0.2, 0.25) is 0 Å². The van der Waals surface area contributed by atoms with Crippen LogP contribution in [0.25, 0.3) is 0 Å². The van der Waals surface area contributed by atoms with Gasteiger partial charge in [-0.15, -0.1) is 0 Å². The van der Waals surface area contributed by atoms with Crippen molar-refractivity contribution in [1.29, 1.82) is 0 Å². The maximum Gasteiger partial charge on any atom is 0.163 e. The van der Waals surface area contributed by atoms with Gasteiger partial charge in [-0.3, -0.25) is 4.79 Å². The van der Waals surface area contributed by atoms with Gasteiger partial charge in [-0.05, 0) is 12.5 Å². The van der Waals surface area contributed by atoms with Gasteiger partial charge in [0.05, 0.1) is 19.8 Å². The summed E-state index contributed by atoms with van der Waals surface area (Å²) < 4.78 is 15.9. The average molecular weight is 250 g/mol. The molecule has 0 N–H and O–H groups in total. The molecule has 0 saturated carbocycles. The van der Waals surface area contributed by atoms with E-state index in [0.717, 1.165) is 23.3 Å². The molecule has 0 radical (unpaired) electrons. The first kappa shape index (κ1) is 13.1. The second-order valence-electron chi connectivity index (χ2n) is 4.16. The lowest BCUT2D eigenvalue weighted by atomic mass is 10.1. The molecule has 2 rings (SSSR count). The summed E-state index contributed by atoms with van der Waals surface area (Å²) >= 11 is 0. The van der Waals surface area contributed by atoms with Crippen molar-refractivity contribution in [3.05, 3.63) is 29.3 Å². The lowest BCUT2D eigenvalue weighted by Gasteiger charge is -2.10. The highest BCUT2D eigenvalue weighted by atomic mass is 16.5. The lowest BCUT2D eigenvalue weighted by molar-refractivity contribution is 0.0543. The SMILES string of the molecule is COCCOCCOc1cccc2c1CCC2=O. The normalized spacial score (nSPS) is 13.7. The van der Waals surface area contributed by atoms with Gasteiger partial charge < -0.3 is 14.2 Å². The molecule has 0 atom stereocenters. The minimum atomic E-state index is 0.215. The molecule has 4 heteroatoms. The standard InChI is InChI=1S/C14H18O4/c1-16-7-8-17-9-10-18-14-4-2-3-11-12(14)5-6-13(11)15/h2-4H,5-10H2,1H3. The summed E-state index contributed by atoms with van der Waals surface area (Å²) in [5.41, 5.74) is 1.85. The van der Waals surface area contributed by atoms with Crippen molar-refractivity contribution < 1.29 is 19.0 Å². The van der Waals surface area contributed by atoms with Crippen molar-refractivity contribution in [2.24, 2.45) is 0 Å². The van der Waals surface area contributed by atoms with Crippen molar-refractivity contribution in [3.8, 4) is 5.75 Å². The van der Waals surface area contributed by atoms with Crippen molar-refractivity contribution in [2.75, 3.05) is 33.5 Å². The molecule has 0 aromatic heterocycles. The van der Waals surface area contributed by atoms with Gasteiger partial charge in [0.25, 0.3) is 0 Å². The number of hydrogen-bond acceptors (Lipinski definition) is 4. The van der Waals surface area contributed by atoms with E-state index in [1.807, 2.05) is 18.2 Å². The van der Waals surface area contributed by atoms with Crippen molar-refractivity contribution in [3.63, 3.8) is 0 Å². The first-order chi connectivity index (χ1) is 8.83. The molecular formula is C14H18O4. The number of hydrogen-bond donors (Lipinski definition) is 0. The third kappa shape index (κ3) is 3.09. The molecule has 1 aliphatic carbocycles. The van der Waals surface area contributed by atoms with E-state index in [9.17, 15) is 4.79 Å². The zero-order valence-electron chi connectivity index (χ0n) is 10.6. The average Bonchev–Trinajstić information content (AvgIpc) is 2.77. The van der Waals surface area contributed by atoms with Crippen LogP contribution in [-0.2, 0) is 15.9 Å². The number of carbonyl (C=O) groups excluding carboxylic acids is 1. The van der Waals surface area contributed by atoms with Gasteiger partial charge in [-0.1, -0.05) is 12.1 Å². The van der Waals surface area contributed by atoms with E-state index < -0.39 is 0 Å². The van der Waals surface area contributed by atoms with E-state index in [4.69, 9.17) is 14.2 Å². The number of rotatable bonds is 7. The van der Waals surface area contributed by atoms with Crippen LogP contribution >= 0.6 is 0 Å². The molecule has 0 heterocycles. The first-order valence-electron chi connectivity index (χ1n) is 6.17. The summed E-state index contributed by atoms with van der Waals surface area (Å²) in [6.07, 6.45) is 1.38. The van der Waals surface area contributed by atoms with Gasteiger partial charge in [-0.2, -0.15) is 0 Å². The van der Waals surface area contributed by atoms with E-state index in [0.29, 0.717) is 32.8 Å². The number of Topliss-reactive ketones (excluding diaryl/α,β-unsaturated/α-hetero) is 1. The van der Waals surface area contributed by atoms with Crippen LogP contribution in [-0.4, -0.2) is 39.3 Å². The predicted octanol–water partition coefficient (Wildman–Crippen LogP) is 1.86. The lowest BCUT2D eigenvalue weighted by Crippen LogP contribution is -2.10. The van der Waals surface area contributed by atoms with Crippen LogP contribution in [0, 0.1) is 0 Å². The number of carbonyl (C=O) groups is 1.